The molecule has 1 atom stereocenters. The number of quaternary nitrogens is 1. The molecule has 1 aromatic carbocycles. The predicted octanol–water partition coefficient (Wildman–Crippen LogP) is 0.573. The molecule has 2 rings (SSSR count). The summed E-state index contributed by atoms with van der Waals surface area (Å²) in [5.41, 5.74) is 1.02. The van der Waals surface area contributed by atoms with Gasteiger partial charge in [-0.25, -0.2) is 4.39 Å². The molecule has 1 fully saturated rings. The van der Waals surface area contributed by atoms with Crippen LogP contribution in [0.4, 0.5) is 10.1 Å². The minimum absolute atomic E-state index is 0.177. The van der Waals surface area contributed by atoms with Gasteiger partial charge in [-0.3, -0.25) is 0 Å². The largest absolute Gasteiger partial charge is 0.377 e. The first kappa shape index (κ1) is 8.51. The zero-order chi connectivity index (χ0) is 9.10. The van der Waals surface area contributed by atoms with E-state index in [1.165, 1.54) is 25.1 Å². The Balaban J connectivity index is 1.97. The van der Waals surface area contributed by atoms with Gasteiger partial charge in [0.1, 0.15) is 5.82 Å². The fourth-order valence-corrected chi connectivity index (χ4v) is 1.67. The van der Waals surface area contributed by atoms with E-state index in [1.54, 1.807) is 12.1 Å². The highest BCUT2D eigenvalue weighted by molar-refractivity contribution is 5.43. The molecule has 0 aliphatic carbocycles. The Morgan fingerprint density at radius 3 is 2.69 bits per heavy atom. The summed E-state index contributed by atoms with van der Waals surface area (Å²) in [5, 5.41) is 5.66. The molecule has 1 aliphatic rings. The summed E-state index contributed by atoms with van der Waals surface area (Å²) in [6.45, 7) is 2.32. The average Bonchev–Trinajstić information content (AvgIpc) is 2.62. The highest BCUT2D eigenvalue weighted by Crippen LogP contribution is 2.10. The van der Waals surface area contributed by atoms with E-state index in [2.05, 4.69) is 10.6 Å². The first-order valence-electron chi connectivity index (χ1n) is 4.68. The van der Waals surface area contributed by atoms with Gasteiger partial charge in [0.05, 0.1) is 19.1 Å². The van der Waals surface area contributed by atoms with Gasteiger partial charge < -0.3 is 10.6 Å². The molecule has 1 saturated heterocycles. The van der Waals surface area contributed by atoms with E-state index < -0.39 is 0 Å². The first-order valence-corrected chi connectivity index (χ1v) is 4.68. The molecule has 70 valence electrons. The van der Waals surface area contributed by atoms with Crippen LogP contribution in [0, 0.1) is 5.82 Å². The molecule has 0 unspecified atom stereocenters. The number of halogens is 1. The highest BCUT2D eigenvalue weighted by Gasteiger charge is 2.16. The minimum Gasteiger partial charge on any atom is -0.377 e. The molecular formula is C10H14FN2+. The summed E-state index contributed by atoms with van der Waals surface area (Å²) in [5.74, 6) is -0.177. The fraction of sp³-hybridized carbons (Fsp3) is 0.400. The fourth-order valence-electron chi connectivity index (χ4n) is 1.67. The molecule has 0 amide bonds. The van der Waals surface area contributed by atoms with Gasteiger partial charge in [0.15, 0.2) is 0 Å². The van der Waals surface area contributed by atoms with Crippen LogP contribution in [0.2, 0.25) is 0 Å². The van der Waals surface area contributed by atoms with Crippen molar-refractivity contribution in [3.63, 3.8) is 0 Å². The van der Waals surface area contributed by atoms with E-state index in [0.717, 1.165) is 12.2 Å². The molecule has 0 saturated carbocycles. The van der Waals surface area contributed by atoms with Crippen LogP contribution in [-0.4, -0.2) is 19.1 Å². The molecule has 2 nitrogen and oxygen atoms in total. The third-order valence-electron chi connectivity index (χ3n) is 2.39. The van der Waals surface area contributed by atoms with Gasteiger partial charge in [-0.05, 0) is 24.3 Å². The predicted molar refractivity (Wildman–Crippen MR) is 50.1 cm³/mol. The van der Waals surface area contributed by atoms with E-state index in [-0.39, 0.29) is 5.82 Å². The normalized spacial score (nSPS) is 21.8. The van der Waals surface area contributed by atoms with Crippen LogP contribution < -0.4 is 10.6 Å². The van der Waals surface area contributed by atoms with Gasteiger partial charge in [0, 0.05) is 12.1 Å². The lowest BCUT2D eigenvalue weighted by Gasteiger charge is -2.10. The average molecular weight is 181 g/mol. The summed E-state index contributed by atoms with van der Waals surface area (Å²) in [4.78, 5) is 0. The Hall–Kier alpha value is -1.09. The number of hydrogen-bond donors (Lipinski definition) is 2. The molecular weight excluding hydrogens is 167 g/mol. The summed E-state index contributed by atoms with van der Waals surface area (Å²) >= 11 is 0. The number of anilines is 1. The van der Waals surface area contributed by atoms with Crippen molar-refractivity contribution >= 4 is 5.69 Å². The molecule has 1 aliphatic heterocycles. The standard InChI is InChI=1S/C10H13FN2/c11-8-1-3-9(4-2-8)13-10-5-6-12-7-10/h1-4,10,12-13H,5-7H2/p+1/t10-/m1/s1. The Labute approximate surface area is 77.2 Å². The summed E-state index contributed by atoms with van der Waals surface area (Å²) in [7, 11) is 0. The van der Waals surface area contributed by atoms with Gasteiger partial charge in [-0.2, -0.15) is 0 Å². The molecule has 13 heavy (non-hydrogen) atoms. The molecule has 1 aromatic rings. The van der Waals surface area contributed by atoms with Gasteiger partial charge in [-0.15, -0.1) is 0 Å². The minimum atomic E-state index is -0.177. The van der Waals surface area contributed by atoms with Gasteiger partial charge in [0.2, 0.25) is 0 Å². The quantitative estimate of drug-likeness (QED) is 0.686. The molecule has 0 aromatic heterocycles. The van der Waals surface area contributed by atoms with Gasteiger partial charge >= 0.3 is 0 Å². The van der Waals surface area contributed by atoms with Crippen molar-refractivity contribution in [3.05, 3.63) is 30.1 Å². The van der Waals surface area contributed by atoms with Gasteiger partial charge in [0.25, 0.3) is 0 Å². The smallest absolute Gasteiger partial charge is 0.123 e. The van der Waals surface area contributed by atoms with Gasteiger partial charge in [-0.1, -0.05) is 0 Å². The third-order valence-corrected chi connectivity index (χ3v) is 2.39. The maximum atomic E-state index is 12.6. The second-order valence-corrected chi connectivity index (χ2v) is 3.45. The van der Waals surface area contributed by atoms with E-state index in [0.29, 0.717) is 6.04 Å². The Bertz CT molecular complexity index is 265. The number of benzene rings is 1. The Morgan fingerprint density at radius 2 is 2.08 bits per heavy atom. The van der Waals surface area contributed by atoms with Crippen LogP contribution in [0.5, 0.6) is 0 Å². The van der Waals surface area contributed by atoms with Crippen LogP contribution in [0.3, 0.4) is 0 Å². The summed E-state index contributed by atoms with van der Waals surface area (Å²) in [6.07, 6.45) is 1.19. The first-order chi connectivity index (χ1) is 6.34. The van der Waals surface area contributed by atoms with Crippen molar-refractivity contribution < 1.29 is 9.71 Å². The highest BCUT2D eigenvalue weighted by atomic mass is 19.1. The number of hydrogen-bond acceptors (Lipinski definition) is 1. The van der Waals surface area contributed by atoms with Crippen molar-refractivity contribution in [3.8, 4) is 0 Å². The number of nitrogens with one attached hydrogen (secondary N) is 1. The van der Waals surface area contributed by atoms with E-state index >= 15 is 0 Å². The lowest BCUT2D eigenvalue weighted by molar-refractivity contribution is -0.636. The molecule has 0 bridgehead atoms. The maximum absolute atomic E-state index is 12.6. The SMILES string of the molecule is Fc1ccc(N[C@@H]2CC[NH2+]C2)cc1. The van der Waals surface area contributed by atoms with Crippen LogP contribution in [-0.2, 0) is 0 Å². The molecule has 1 heterocycles. The van der Waals surface area contributed by atoms with Crippen molar-refractivity contribution in [2.45, 2.75) is 12.5 Å². The monoisotopic (exact) mass is 181 g/mol. The topological polar surface area (TPSA) is 28.6 Å². The zero-order valence-corrected chi connectivity index (χ0v) is 7.46. The van der Waals surface area contributed by atoms with Crippen LogP contribution in [0.1, 0.15) is 6.42 Å². The maximum Gasteiger partial charge on any atom is 0.123 e. The van der Waals surface area contributed by atoms with Crippen LogP contribution >= 0.6 is 0 Å². The van der Waals surface area contributed by atoms with Crippen molar-refractivity contribution in [1.82, 2.24) is 0 Å². The van der Waals surface area contributed by atoms with E-state index in [9.17, 15) is 4.39 Å². The Kier molecular flexibility index (Phi) is 2.45. The molecule has 3 heteroatoms. The van der Waals surface area contributed by atoms with Crippen molar-refractivity contribution in [2.75, 3.05) is 18.4 Å². The molecule has 0 radical (unpaired) electrons. The van der Waals surface area contributed by atoms with Crippen LogP contribution in [0.15, 0.2) is 24.3 Å². The second-order valence-electron chi connectivity index (χ2n) is 3.45. The number of rotatable bonds is 2. The summed E-state index contributed by atoms with van der Waals surface area (Å²) in [6, 6.07) is 7.09. The summed E-state index contributed by atoms with van der Waals surface area (Å²) < 4.78 is 12.6. The van der Waals surface area contributed by atoms with E-state index in [1.807, 2.05) is 0 Å². The van der Waals surface area contributed by atoms with E-state index in [4.69, 9.17) is 0 Å². The van der Waals surface area contributed by atoms with Crippen LogP contribution in [0.25, 0.3) is 0 Å². The molecule has 0 spiro atoms. The second kappa shape index (κ2) is 3.75. The Morgan fingerprint density at radius 1 is 1.31 bits per heavy atom. The molecule has 3 N–H and O–H groups in total. The lowest BCUT2D eigenvalue weighted by Crippen LogP contribution is -2.81. The third kappa shape index (κ3) is 2.18. The van der Waals surface area contributed by atoms with Crippen molar-refractivity contribution in [1.29, 1.82) is 0 Å². The van der Waals surface area contributed by atoms with Crippen molar-refractivity contribution in [2.24, 2.45) is 0 Å². The lowest BCUT2D eigenvalue weighted by atomic mass is 10.2. The number of nitrogens with two attached hydrogens (primary N) is 1. The zero-order valence-electron chi connectivity index (χ0n) is 7.46.